The van der Waals surface area contributed by atoms with E-state index in [1.54, 1.807) is 12.0 Å². The van der Waals surface area contributed by atoms with E-state index in [1.807, 2.05) is 58.0 Å². The zero-order valence-electron chi connectivity index (χ0n) is 16.8. The van der Waals surface area contributed by atoms with Gasteiger partial charge in [-0.1, -0.05) is 13.8 Å². The van der Waals surface area contributed by atoms with Gasteiger partial charge in [0.25, 0.3) is 0 Å². The number of methoxy groups -OCH3 is 1. The van der Waals surface area contributed by atoms with Gasteiger partial charge >= 0.3 is 6.03 Å². The fraction of sp³-hybridized carbons (Fsp3) is 0.579. The van der Waals surface area contributed by atoms with Gasteiger partial charge in [0, 0.05) is 58.1 Å². The van der Waals surface area contributed by atoms with Gasteiger partial charge in [-0.3, -0.25) is 4.79 Å². The molecule has 0 aromatic heterocycles. The van der Waals surface area contributed by atoms with E-state index in [0.717, 1.165) is 16.9 Å². The first-order valence-electron chi connectivity index (χ1n) is 8.92. The van der Waals surface area contributed by atoms with E-state index in [1.165, 1.54) is 0 Å². The molecule has 0 bridgehead atoms. The summed E-state index contributed by atoms with van der Waals surface area (Å²) in [6, 6.07) is 5.63. The molecule has 0 spiro atoms. The number of amides is 3. The first kappa shape index (κ1) is 21.8. The second-order valence-electron chi connectivity index (χ2n) is 6.63. The molecule has 1 aromatic carbocycles. The Labute approximate surface area is 156 Å². The number of carbonyl (C=O) groups excluding carboxylic acids is 2. The molecule has 146 valence electrons. The summed E-state index contributed by atoms with van der Waals surface area (Å²) in [6.07, 6.45) is 0. The van der Waals surface area contributed by atoms with Crippen molar-refractivity contribution >= 4 is 23.3 Å². The van der Waals surface area contributed by atoms with Crippen molar-refractivity contribution in [2.75, 3.05) is 51.1 Å². The number of anilines is 2. The second kappa shape index (κ2) is 10.7. The molecule has 0 unspecified atom stereocenters. The Balaban J connectivity index is 3.10. The van der Waals surface area contributed by atoms with Crippen molar-refractivity contribution in [3.8, 4) is 0 Å². The smallest absolute Gasteiger partial charge is 0.317 e. The van der Waals surface area contributed by atoms with Crippen molar-refractivity contribution in [3.05, 3.63) is 23.8 Å². The zero-order chi connectivity index (χ0) is 19.7. The quantitative estimate of drug-likeness (QED) is 0.706. The molecule has 0 saturated carbocycles. The molecule has 2 N–H and O–H groups in total. The number of carbonyl (C=O) groups is 2. The minimum Gasteiger partial charge on any atom is -0.383 e. The summed E-state index contributed by atoms with van der Waals surface area (Å²) >= 11 is 0. The van der Waals surface area contributed by atoms with Crippen LogP contribution in [0.3, 0.4) is 0 Å². The molecule has 7 heteroatoms. The maximum absolute atomic E-state index is 12.4. The van der Waals surface area contributed by atoms with E-state index >= 15 is 0 Å². The van der Waals surface area contributed by atoms with Crippen LogP contribution >= 0.6 is 0 Å². The van der Waals surface area contributed by atoms with E-state index in [-0.39, 0.29) is 17.9 Å². The number of ether oxygens (including phenoxy) is 1. The molecule has 0 aliphatic carbocycles. The maximum Gasteiger partial charge on any atom is 0.317 e. The number of hydrogen-bond donors (Lipinski definition) is 2. The monoisotopic (exact) mass is 364 g/mol. The molecule has 1 aromatic rings. The number of hydrogen-bond acceptors (Lipinski definition) is 4. The Morgan fingerprint density at radius 1 is 1.23 bits per heavy atom. The van der Waals surface area contributed by atoms with Gasteiger partial charge < -0.3 is 25.2 Å². The lowest BCUT2D eigenvalue weighted by Gasteiger charge is -2.26. The number of urea groups is 1. The number of rotatable bonds is 9. The van der Waals surface area contributed by atoms with Crippen LogP contribution in [0.2, 0.25) is 0 Å². The molecule has 1 rings (SSSR count). The average Bonchev–Trinajstić information content (AvgIpc) is 2.58. The minimum atomic E-state index is -0.133. The van der Waals surface area contributed by atoms with Crippen LogP contribution in [0, 0.1) is 5.92 Å². The van der Waals surface area contributed by atoms with Gasteiger partial charge in [-0.05, 0) is 30.7 Å². The molecule has 26 heavy (non-hydrogen) atoms. The third-order valence-electron chi connectivity index (χ3n) is 3.89. The summed E-state index contributed by atoms with van der Waals surface area (Å²) in [7, 11) is 5.52. The van der Waals surface area contributed by atoms with Crippen molar-refractivity contribution in [2.45, 2.75) is 27.3 Å². The molecule has 3 amide bonds. The molecule has 0 atom stereocenters. The molecule has 0 aliphatic heterocycles. The number of nitrogens with zero attached hydrogens (tertiary/aromatic N) is 2. The lowest BCUT2D eigenvalue weighted by Crippen LogP contribution is -2.41. The SMILES string of the molecule is CCNC(=O)N(CCOC)Cc1cc(NC(=O)C(C)C)ccc1N(C)C. The van der Waals surface area contributed by atoms with Crippen LogP contribution in [0.15, 0.2) is 18.2 Å². The van der Waals surface area contributed by atoms with Crippen LogP contribution in [-0.2, 0) is 16.1 Å². The van der Waals surface area contributed by atoms with Gasteiger partial charge in [-0.25, -0.2) is 4.79 Å². The third kappa shape index (κ3) is 6.55. The fourth-order valence-electron chi connectivity index (χ4n) is 2.44. The lowest BCUT2D eigenvalue weighted by molar-refractivity contribution is -0.118. The van der Waals surface area contributed by atoms with E-state index in [4.69, 9.17) is 4.74 Å². The molecule has 0 saturated heterocycles. The predicted molar refractivity (Wildman–Crippen MR) is 106 cm³/mol. The van der Waals surface area contributed by atoms with Gasteiger partial charge in [0.15, 0.2) is 0 Å². The summed E-state index contributed by atoms with van der Waals surface area (Å²) in [6.45, 7) is 7.52. The first-order chi connectivity index (χ1) is 12.3. The normalized spacial score (nSPS) is 10.6. The topological polar surface area (TPSA) is 73.9 Å². The Morgan fingerprint density at radius 2 is 1.92 bits per heavy atom. The highest BCUT2D eigenvalue weighted by Gasteiger charge is 2.17. The lowest BCUT2D eigenvalue weighted by atomic mass is 10.1. The Bertz CT molecular complexity index is 602. The standard InChI is InChI=1S/C19H32N4O3/c1-7-20-19(25)23(10-11-26-6)13-15-12-16(21-18(24)14(2)3)8-9-17(15)22(4)5/h8-9,12,14H,7,10-11,13H2,1-6H3,(H,20,25)(H,21,24). The largest absolute Gasteiger partial charge is 0.383 e. The van der Waals surface area contributed by atoms with Crippen LogP contribution < -0.4 is 15.5 Å². The summed E-state index contributed by atoms with van der Waals surface area (Å²) in [5.74, 6) is -0.131. The molecular weight excluding hydrogens is 332 g/mol. The summed E-state index contributed by atoms with van der Waals surface area (Å²) in [4.78, 5) is 28.1. The highest BCUT2D eigenvalue weighted by atomic mass is 16.5. The molecule has 0 aliphatic rings. The van der Waals surface area contributed by atoms with Gasteiger partial charge in [-0.15, -0.1) is 0 Å². The Kier molecular flexibility index (Phi) is 8.92. The van der Waals surface area contributed by atoms with Gasteiger partial charge in [0.1, 0.15) is 0 Å². The van der Waals surface area contributed by atoms with Crippen molar-refractivity contribution in [1.29, 1.82) is 0 Å². The molecule has 0 heterocycles. The highest BCUT2D eigenvalue weighted by Crippen LogP contribution is 2.25. The first-order valence-corrected chi connectivity index (χ1v) is 8.92. The van der Waals surface area contributed by atoms with Crippen LogP contribution in [0.1, 0.15) is 26.3 Å². The molecular formula is C19H32N4O3. The van der Waals surface area contributed by atoms with Crippen LogP contribution in [-0.4, -0.2) is 57.7 Å². The van der Waals surface area contributed by atoms with E-state index < -0.39 is 0 Å². The van der Waals surface area contributed by atoms with Crippen LogP contribution in [0.5, 0.6) is 0 Å². The van der Waals surface area contributed by atoms with Crippen molar-refractivity contribution in [3.63, 3.8) is 0 Å². The number of benzene rings is 1. The third-order valence-corrected chi connectivity index (χ3v) is 3.89. The summed E-state index contributed by atoms with van der Waals surface area (Å²) < 4.78 is 5.13. The number of nitrogens with one attached hydrogen (secondary N) is 2. The highest BCUT2D eigenvalue weighted by molar-refractivity contribution is 5.92. The Morgan fingerprint density at radius 3 is 2.46 bits per heavy atom. The van der Waals surface area contributed by atoms with Gasteiger partial charge in [0.2, 0.25) is 5.91 Å². The summed E-state index contributed by atoms with van der Waals surface area (Å²) in [5, 5.41) is 5.75. The van der Waals surface area contributed by atoms with Crippen molar-refractivity contribution < 1.29 is 14.3 Å². The van der Waals surface area contributed by atoms with E-state index in [2.05, 4.69) is 10.6 Å². The fourth-order valence-corrected chi connectivity index (χ4v) is 2.44. The molecule has 7 nitrogen and oxygen atoms in total. The average molecular weight is 364 g/mol. The van der Waals surface area contributed by atoms with Crippen LogP contribution in [0.4, 0.5) is 16.2 Å². The van der Waals surface area contributed by atoms with Crippen molar-refractivity contribution in [1.82, 2.24) is 10.2 Å². The zero-order valence-corrected chi connectivity index (χ0v) is 16.8. The van der Waals surface area contributed by atoms with Crippen LogP contribution in [0.25, 0.3) is 0 Å². The van der Waals surface area contributed by atoms with Gasteiger partial charge in [-0.2, -0.15) is 0 Å². The second-order valence-corrected chi connectivity index (χ2v) is 6.63. The van der Waals surface area contributed by atoms with Crippen molar-refractivity contribution in [2.24, 2.45) is 5.92 Å². The molecule has 0 fully saturated rings. The Hall–Kier alpha value is -2.28. The predicted octanol–water partition coefficient (Wildman–Crippen LogP) is 2.53. The van der Waals surface area contributed by atoms with E-state index in [0.29, 0.717) is 26.2 Å². The van der Waals surface area contributed by atoms with Gasteiger partial charge in [0.05, 0.1) is 6.61 Å². The molecule has 0 radical (unpaired) electrons. The minimum absolute atomic E-state index is 0.0338. The van der Waals surface area contributed by atoms with E-state index in [9.17, 15) is 9.59 Å². The maximum atomic E-state index is 12.4. The summed E-state index contributed by atoms with van der Waals surface area (Å²) in [5.41, 5.74) is 2.69.